The smallest absolute Gasteiger partial charge is 0.164 e. The van der Waals surface area contributed by atoms with Crippen LogP contribution in [0.1, 0.15) is 20.8 Å². The number of nitrogens with zero attached hydrogens (tertiary/aromatic N) is 5. The van der Waals surface area contributed by atoms with Gasteiger partial charge in [0, 0.05) is 20.1 Å². The molecule has 0 aromatic carbocycles. The Bertz CT molecular complexity index is 590. The first-order valence-corrected chi connectivity index (χ1v) is 6.93. The first-order chi connectivity index (χ1) is 8.83. The third-order valence-electron chi connectivity index (χ3n) is 2.82. The Hall–Kier alpha value is -1.21. The third-order valence-corrected chi connectivity index (χ3v) is 3.37. The van der Waals surface area contributed by atoms with Gasteiger partial charge in [-0.2, -0.15) is 5.10 Å². The van der Waals surface area contributed by atoms with Gasteiger partial charge in [0.1, 0.15) is 16.7 Å². The van der Waals surface area contributed by atoms with E-state index in [0.29, 0.717) is 6.54 Å². The molecule has 7 heteroatoms. The van der Waals surface area contributed by atoms with Gasteiger partial charge in [-0.1, -0.05) is 0 Å². The molecule has 1 N–H and O–H groups in total. The topological polar surface area (TPSA) is 67.1 Å². The summed E-state index contributed by atoms with van der Waals surface area (Å²) < 4.78 is 2.43. The number of hydrogen-bond acceptors (Lipinski definition) is 5. The zero-order valence-corrected chi connectivity index (χ0v) is 13.1. The maximum atomic E-state index is 10.0. The summed E-state index contributed by atoms with van der Waals surface area (Å²) in [6, 6.07) is 0. The van der Waals surface area contributed by atoms with E-state index in [1.54, 1.807) is 18.5 Å². The van der Waals surface area contributed by atoms with Gasteiger partial charge in [-0.15, -0.1) is 0 Å². The van der Waals surface area contributed by atoms with Crippen molar-refractivity contribution in [1.82, 2.24) is 19.7 Å². The summed E-state index contributed by atoms with van der Waals surface area (Å²) in [6.45, 7) is 6.84. The minimum Gasteiger partial charge on any atom is -0.389 e. The second-order valence-electron chi connectivity index (χ2n) is 5.14. The molecule has 2 rings (SSSR count). The van der Waals surface area contributed by atoms with Crippen molar-refractivity contribution in [2.45, 2.75) is 26.4 Å². The SMILES string of the molecule is CCN(CC(C)(C)O)c1ncnc2c1c(Br)nn2C. The van der Waals surface area contributed by atoms with Crippen molar-refractivity contribution >= 4 is 32.8 Å². The van der Waals surface area contributed by atoms with Gasteiger partial charge >= 0.3 is 0 Å². The summed E-state index contributed by atoms with van der Waals surface area (Å²) >= 11 is 3.44. The van der Waals surface area contributed by atoms with E-state index < -0.39 is 5.60 Å². The van der Waals surface area contributed by atoms with Crippen molar-refractivity contribution in [1.29, 1.82) is 0 Å². The molecule has 19 heavy (non-hydrogen) atoms. The van der Waals surface area contributed by atoms with Crippen molar-refractivity contribution in [3.8, 4) is 0 Å². The summed E-state index contributed by atoms with van der Waals surface area (Å²) in [5.74, 6) is 0.787. The van der Waals surface area contributed by atoms with Crippen LogP contribution in [0.4, 0.5) is 5.82 Å². The fraction of sp³-hybridized carbons (Fsp3) is 0.583. The molecule has 0 saturated heterocycles. The van der Waals surface area contributed by atoms with Crippen LogP contribution < -0.4 is 4.90 Å². The van der Waals surface area contributed by atoms with E-state index in [4.69, 9.17) is 0 Å². The average molecular weight is 328 g/mol. The van der Waals surface area contributed by atoms with Gasteiger partial charge in [0.05, 0.1) is 11.0 Å². The molecule has 6 nitrogen and oxygen atoms in total. The molecule has 2 heterocycles. The summed E-state index contributed by atoms with van der Waals surface area (Å²) in [4.78, 5) is 10.6. The molecule has 0 aliphatic heterocycles. The van der Waals surface area contributed by atoms with Crippen LogP contribution in [0.25, 0.3) is 11.0 Å². The number of fused-ring (bicyclic) bond motifs is 1. The van der Waals surface area contributed by atoms with E-state index >= 15 is 0 Å². The Morgan fingerprint density at radius 3 is 2.68 bits per heavy atom. The molecule has 0 atom stereocenters. The van der Waals surface area contributed by atoms with Crippen molar-refractivity contribution in [2.75, 3.05) is 18.0 Å². The van der Waals surface area contributed by atoms with E-state index in [2.05, 4.69) is 31.0 Å². The molecule has 0 aliphatic carbocycles. The third kappa shape index (κ3) is 2.87. The fourth-order valence-electron chi connectivity index (χ4n) is 2.07. The van der Waals surface area contributed by atoms with Crippen LogP contribution in [-0.2, 0) is 7.05 Å². The largest absolute Gasteiger partial charge is 0.389 e. The number of anilines is 1. The zero-order chi connectivity index (χ0) is 14.2. The highest BCUT2D eigenvalue weighted by Crippen LogP contribution is 2.29. The summed E-state index contributed by atoms with van der Waals surface area (Å²) in [5, 5.41) is 15.2. The van der Waals surface area contributed by atoms with Crippen molar-refractivity contribution in [3.63, 3.8) is 0 Å². The predicted octanol–water partition coefficient (Wildman–Crippen LogP) is 1.72. The zero-order valence-electron chi connectivity index (χ0n) is 11.6. The predicted molar refractivity (Wildman–Crippen MR) is 78.2 cm³/mol. The molecule has 0 saturated carbocycles. The average Bonchev–Trinajstić information content (AvgIpc) is 2.61. The second-order valence-corrected chi connectivity index (χ2v) is 5.89. The van der Waals surface area contributed by atoms with E-state index in [1.807, 2.05) is 18.9 Å². The van der Waals surface area contributed by atoms with E-state index in [0.717, 1.165) is 28.0 Å². The molecule has 0 unspecified atom stereocenters. The maximum Gasteiger partial charge on any atom is 0.164 e. The summed E-state index contributed by atoms with van der Waals surface area (Å²) in [5.41, 5.74) is -0.0202. The lowest BCUT2D eigenvalue weighted by molar-refractivity contribution is 0.0875. The van der Waals surface area contributed by atoms with Crippen LogP contribution in [0.3, 0.4) is 0 Å². The van der Waals surface area contributed by atoms with Gasteiger partial charge in [-0.25, -0.2) is 14.6 Å². The van der Waals surface area contributed by atoms with Gasteiger partial charge in [-0.05, 0) is 36.7 Å². The molecule has 0 fully saturated rings. The van der Waals surface area contributed by atoms with Gasteiger partial charge in [-0.3, -0.25) is 0 Å². The minimum atomic E-state index is -0.790. The van der Waals surface area contributed by atoms with E-state index in [1.165, 1.54) is 6.33 Å². The van der Waals surface area contributed by atoms with E-state index in [-0.39, 0.29) is 0 Å². The van der Waals surface area contributed by atoms with Gasteiger partial charge < -0.3 is 10.0 Å². The van der Waals surface area contributed by atoms with Crippen LogP contribution in [0.15, 0.2) is 10.9 Å². The molecule has 0 bridgehead atoms. The van der Waals surface area contributed by atoms with Crippen LogP contribution >= 0.6 is 15.9 Å². The van der Waals surface area contributed by atoms with Crippen LogP contribution in [0.2, 0.25) is 0 Å². The highest BCUT2D eigenvalue weighted by Gasteiger charge is 2.22. The highest BCUT2D eigenvalue weighted by molar-refractivity contribution is 9.10. The first-order valence-electron chi connectivity index (χ1n) is 6.14. The summed E-state index contributed by atoms with van der Waals surface area (Å²) in [6.07, 6.45) is 1.53. The normalized spacial score (nSPS) is 12.1. The molecular weight excluding hydrogens is 310 g/mol. The molecular formula is C12H18BrN5O. The number of rotatable bonds is 4. The number of halogens is 1. The Kier molecular flexibility index (Phi) is 3.78. The number of aryl methyl sites for hydroxylation is 1. The quantitative estimate of drug-likeness (QED) is 0.926. The van der Waals surface area contributed by atoms with Crippen LogP contribution in [0, 0.1) is 0 Å². The Morgan fingerprint density at radius 2 is 2.11 bits per heavy atom. The fourth-order valence-corrected chi connectivity index (χ4v) is 2.66. The minimum absolute atomic E-state index is 0.497. The number of aliphatic hydroxyl groups is 1. The van der Waals surface area contributed by atoms with Crippen molar-refractivity contribution in [3.05, 3.63) is 10.9 Å². The van der Waals surface area contributed by atoms with Crippen molar-refractivity contribution < 1.29 is 5.11 Å². The number of hydrogen-bond donors (Lipinski definition) is 1. The van der Waals surface area contributed by atoms with Crippen LogP contribution in [0.5, 0.6) is 0 Å². The molecule has 0 spiro atoms. The van der Waals surface area contributed by atoms with Crippen LogP contribution in [-0.4, -0.2) is 43.5 Å². The van der Waals surface area contributed by atoms with Gasteiger partial charge in [0.2, 0.25) is 0 Å². The van der Waals surface area contributed by atoms with Gasteiger partial charge in [0.15, 0.2) is 5.65 Å². The Morgan fingerprint density at radius 1 is 1.42 bits per heavy atom. The summed E-state index contributed by atoms with van der Waals surface area (Å²) in [7, 11) is 1.84. The van der Waals surface area contributed by atoms with E-state index in [9.17, 15) is 5.11 Å². The number of likely N-dealkylation sites (N-methyl/N-ethyl adjacent to an activating group) is 1. The van der Waals surface area contributed by atoms with Crippen molar-refractivity contribution in [2.24, 2.45) is 7.05 Å². The number of aromatic nitrogens is 4. The maximum absolute atomic E-state index is 10.0. The van der Waals surface area contributed by atoms with Gasteiger partial charge in [0.25, 0.3) is 0 Å². The molecule has 104 valence electrons. The lowest BCUT2D eigenvalue weighted by Crippen LogP contribution is -2.39. The molecule has 0 aliphatic rings. The lowest BCUT2D eigenvalue weighted by atomic mass is 10.1. The Labute approximate surface area is 120 Å². The molecule has 0 radical (unpaired) electrons. The second kappa shape index (κ2) is 5.05. The Balaban J connectivity index is 2.54. The monoisotopic (exact) mass is 327 g/mol. The highest BCUT2D eigenvalue weighted by atomic mass is 79.9. The molecule has 2 aromatic heterocycles. The molecule has 0 amide bonds. The molecule has 2 aromatic rings. The first kappa shape index (κ1) is 14.2. The standard InChI is InChI=1S/C12H18BrN5O/c1-5-18(6-12(2,3)19)11-8-9(13)16-17(4)10(8)14-7-15-11/h7,19H,5-6H2,1-4H3. The lowest BCUT2D eigenvalue weighted by Gasteiger charge is -2.29.